The molecule has 27 heavy (non-hydrogen) atoms. The molecule has 3 nitrogen and oxygen atoms in total. The Morgan fingerprint density at radius 2 is 1.85 bits per heavy atom. The molecule has 1 heterocycles. The van der Waals surface area contributed by atoms with Gasteiger partial charge in [0.25, 0.3) is 0 Å². The van der Waals surface area contributed by atoms with Gasteiger partial charge in [0, 0.05) is 6.04 Å². The molecule has 1 fully saturated rings. The summed E-state index contributed by atoms with van der Waals surface area (Å²) < 4.78 is 14.0. The lowest BCUT2D eigenvalue weighted by atomic mass is 9.81. The standard InChI is InChI=1S/C22H25FN2OS/c23-18-8-3-15(4-9-18)2-1-13-24-19-10-5-16(6-11-19)17-7-12-20-21(14-17)27-22(26)25-20/h3-4,7-9,12,14,16,19,24H,1-2,5-6,10-11,13H2,(H,25,26). The van der Waals surface area contributed by atoms with Crippen LogP contribution < -0.4 is 10.2 Å². The van der Waals surface area contributed by atoms with Crippen molar-refractivity contribution in [2.24, 2.45) is 0 Å². The van der Waals surface area contributed by atoms with Crippen molar-refractivity contribution >= 4 is 21.6 Å². The van der Waals surface area contributed by atoms with Crippen LogP contribution in [0, 0.1) is 5.82 Å². The van der Waals surface area contributed by atoms with Crippen LogP contribution in [-0.2, 0) is 6.42 Å². The summed E-state index contributed by atoms with van der Waals surface area (Å²) in [4.78, 5) is 14.4. The van der Waals surface area contributed by atoms with Gasteiger partial charge in [-0.3, -0.25) is 4.79 Å². The molecule has 5 heteroatoms. The lowest BCUT2D eigenvalue weighted by molar-refractivity contribution is 0.342. The minimum atomic E-state index is -0.168. The summed E-state index contributed by atoms with van der Waals surface area (Å²) in [5.74, 6) is 0.433. The van der Waals surface area contributed by atoms with E-state index in [0.29, 0.717) is 12.0 Å². The van der Waals surface area contributed by atoms with Gasteiger partial charge in [-0.05, 0) is 86.4 Å². The first kappa shape index (κ1) is 18.4. The maximum Gasteiger partial charge on any atom is 0.305 e. The summed E-state index contributed by atoms with van der Waals surface area (Å²) in [7, 11) is 0. The number of aromatic nitrogens is 1. The van der Waals surface area contributed by atoms with Crippen LogP contribution in [0.1, 0.15) is 49.1 Å². The van der Waals surface area contributed by atoms with Crippen LogP contribution in [0.5, 0.6) is 0 Å². The molecule has 1 aliphatic carbocycles. The molecule has 0 unspecified atom stereocenters. The van der Waals surface area contributed by atoms with Crippen molar-refractivity contribution in [3.63, 3.8) is 0 Å². The molecular formula is C22H25FN2OS. The van der Waals surface area contributed by atoms with E-state index >= 15 is 0 Å². The number of thiazole rings is 1. The number of rotatable bonds is 6. The largest absolute Gasteiger partial charge is 0.314 e. The van der Waals surface area contributed by atoms with E-state index < -0.39 is 0 Å². The Labute approximate surface area is 162 Å². The highest BCUT2D eigenvalue weighted by Crippen LogP contribution is 2.34. The maximum absolute atomic E-state index is 12.9. The van der Waals surface area contributed by atoms with E-state index in [0.717, 1.165) is 29.6 Å². The second kappa shape index (κ2) is 8.36. The van der Waals surface area contributed by atoms with E-state index in [1.54, 1.807) is 0 Å². The number of aromatic amines is 1. The van der Waals surface area contributed by atoms with E-state index in [4.69, 9.17) is 0 Å². The molecule has 2 N–H and O–H groups in total. The van der Waals surface area contributed by atoms with Crippen LogP contribution >= 0.6 is 11.3 Å². The Morgan fingerprint density at radius 3 is 2.63 bits per heavy atom. The minimum absolute atomic E-state index is 0.0238. The molecule has 1 aromatic heterocycles. The first-order valence-electron chi connectivity index (χ1n) is 9.78. The molecule has 0 atom stereocenters. The Hall–Kier alpha value is -1.98. The van der Waals surface area contributed by atoms with Crippen molar-refractivity contribution in [1.29, 1.82) is 0 Å². The Morgan fingerprint density at radius 1 is 1.07 bits per heavy atom. The first-order chi connectivity index (χ1) is 13.2. The normalized spacial score (nSPS) is 20.2. The van der Waals surface area contributed by atoms with E-state index in [2.05, 4.69) is 22.4 Å². The highest BCUT2D eigenvalue weighted by atomic mass is 32.1. The molecule has 0 aliphatic heterocycles. The number of aryl methyl sites for hydroxylation is 1. The minimum Gasteiger partial charge on any atom is -0.314 e. The van der Waals surface area contributed by atoms with Gasteiger partial charge in [-0.2, -0.15) is 0 Å². The zero-order valence-electron chi connectivity index (χ0n) is 15.3. The summed E-state index contributed by atoms with van der Waals surface area (Å²) in [5, 5.41) is 3.69. The third-order valence-corrected chi connectivity index (χ3v) is 6.48. The lowest BCUT2D eigenvalue weighted by Crippen LogP contribution is -2.33. The van der Waals surface area contributed by atoms with E-state index in [1.165, 1.54) is 60.3 Å². The molecule has 1 aliphatic rings. The van der Waals surface area contributed by atoms with Crippen molar-refractivity contribution < 1.29 is 4.39 Å². The smallest absolute Gasteiger partial charge is 0.305 e. The lowest BCUT2D eigenvalue weighted by Gasteiger charge is -2.29. The van der Waals surface area contributed by atoms with E-state index in [1.807, 2.05) is 18.2 Å². The van der Waals surface area contributed by atoms with Crippen LogP contribution in [0.2, 0.25) is 0 Å². The molecule has 0 amide bonds. The predicted molar refractivity (Wildman–Crippen MR) is 110 cm³/mol. The van der Waals surface area contributed by atoms with Gasteiger partial charge in [-0.1, -0.05) is 29.5 Å². The Bertz CT molecular complexity index is 939. The highest BCUT2D eigenvalue weighted by Gasteiger charge is 2.22. The second-order valence-electron chi connectivity index (χ2n) is 7.50. The quantitative estimate of drug-likeness (QED) is 0.589. The Kier molecular flexibility index (Phi) is 5.69. The van der Waals surface area contributed by atoms with Crippen molar-refractivity contribution in [3.8, 4) is 0 Å². The van der Waals surface area contributed by atoms with E-state index in [-0.39, 0.29) is 10.7 Å². The van der Waals surface area contributed by atoms with Gasteiger partial charge in [-0.15, -0.1) is 0 Å². The van der Waals surface area contributed by atoms with Crippen LogP contribution in [0.3, 0.4) is 0 Å². The van der Waals surface area contributed by atoms with Gasteiger partial charge in [0.2, 0.25) is 0 Å². The summed E-state index contributed by atoms with van der Waals surface area (Å²) in [6.07, 6.45) is 6.85. The molecular weight excluding hydrogens is 359 g/mol. The maximum atomic E-state index is 12.9. The number of H-pyrrole nitrogens is 1. The number of hydrogen-bond acceptors (Lipinski definition) is 3. The summed E-state index contributed by atoms with van der Waals surface area (Å²) in [6, 6.07) is 13.8. The number of fused-ring (bicyclic) bond motifs is 1. The van der Waals surface area contributed by atoms with Crippen LogP contribution in [-0.4, -0.2) is 17.6 Å². The monoisotopic (exact) mass is 384 g/mol. The molecule has 0 radical (unpaired) electrons. The fourth-order valence-electron chi connectivity index (χ4n) is 4.10. The zero-order chi connectivity index (χ0) is 18.6. The van der Waals surface area contributed by atoms with Gasteiger partial charge in [0.1, 0.15) is 5.82 Å². The third kappa shape index (κ3) is 4.66. The molecule has 1 saturated carbocycles. The summed E-state index contributed by atoms with van der Waals surface area (Å²) in [5.41, 5.74) is 3.52. The van der Waals surface area contributed by atoms with Crippen molar-refractivity contribution in [2.75, 3.05) is 6.54 Å². The van der Waals surface area contributed by atoms with Crippen molar-refractivity contribution in [1.82, 2.24) is 10.3 Å². The SMILES string of the molecule is O=c1[nH]c2ccc(C3CCC(NCCCc4ccc(F)cc4)CC3)cc2s1. The first-order valence-corrected chi connectivity index (χ1v) is 10.6. The average molecular weight is 385 g/mol. The number of halogens is 1. The fourth-order valence-corrected chi connectivity index (χ4v) is 4.88. The third-order valence-electron chi connectivity index (χ3n) is 5.63. The van der Waals surface area contributed by atoms with E-state index in [9.17, 15) is 9.18 Å². The van der Waals surface area contributed by atoms with Crippen molar-refractivity contribution in [3.05, 3.63) is 69.1 Å². The van der Waals surface area contributed by atoms with Gasteiger partial charge >= 0.3 is 4.87 Å². The topological polar surface area (TPSA) is 44.9 Å². The number of hydrogen-bond donors (Lipinski definition) is 2. The molecule has 142 valence electrons. The van der Waals surface area contributed by atoms with Gasteiger partial charge < -0.3 is 10.3 Å². The molecule has 4 rings (SSSR count). The van der Waals surface area contributed by atoms with Gasteiger partial charge in [-0.25, -0.2) is 4.39 Å². The van der Waals surface area contributed by atoms with Crippen LogP contribution in [0.15, 0.2) is 47.3 Å². The Balaban J connectivity index is 1.22. The fraction of sp³-hybridized carbons (Fsp3) is 0.409. The molecule has 0 spiro atoms. The second-order valence-corrected chi connectivity index (χ2v) is 8.52. The highest BCUT2D eigenvalue weighted by molar-refractivity contribution is 7.16. The number of nitrogens with one attached hydrogen (secondary N) is 2. The zero-order valence-corrected chi connectivity index (χ0v) is 16.2. The summed E-state index contributed by atoms with van der Waals surface area (Å²) in [6.45, 7) is 1.01. The van der Waals surface area contributed by atoms with Crippen LogP contribution in [0.4, 0.5) is 4.39 Å². The molecule has 3 aromatic rings. The van der Waals surface area contributed by atoms with Crippen LogP contribution in [0.25, 0.3) is 10.2 Å². The molecule has 0 bridgehead atoms. The molecule has 2 aromatic carbocycles. The van der Waals surface area contributed by atoms with Gasteiger partial charge in [0.05, 0.1) is 10.2 Å². The van der Waals surface area contributed by atoms with Crippen molar-refractivity contribution in [2.45, 2.75) is 50.5 Å². The summed E-state index contributed by atoms with van der Waals surface area (Å²) >= 11 is 1.30. The average Bonchev–Trinajstić information content (AvgIpc) is 3.06. The number of benzene rings is 2. The predicted octanol–water partition coefficient (Wildman–Crippen LogP) is 4.98. The molecule has 0 saturated heterocycles. The van der Waals surface area contributed by atoms with Gasteiger partial charge in [0.15, 0.2) is 0 Å².